The fourth-order valence-electron chi connectivity index (χ4n) is 2.36. The molecule has 4 aromatic rings. The molecular formula is C17H8ClF3N4O. The number of hydrogen-bond acceptors (Lipinski definition) is 5. The van der Waals surface area contributed by atoms with E-state index in [4.69, 9.17) is 16.0 Å². The molecule has 2 aromatic carbocycles. The molecule has 0 aliphatic rings. The second kappa shape index (κ2) is 6.06. The van der Waals surface area contributed by atoms with Crippen molar-refractivity contribution in [3.05, 3.63) is 59.2 Å². The first-order chi connectivity index (χ1) is 12.4. The molecule has 0 unspecified atom stereocenters. The molecule has 0 aliphatic carbocycles. The van der Waals surface area contributed by atoms with Crippen molar-refractivity contribution < 1.29 is 17.6 Å². The Morgan fingerprint density at radius 3 is 2.31 bits per heavy atom. The predicted octanol–water partition coefficient (Wildman–Crippen LogP) is 5.02. The van der Waals surface area contributed by atoms with Gasteiger partial charge in [0.25, 0.3) is 5.89 Å². The molecule has 9 heteroatoms. The monoisotopic (exact) mass is 376 g/mol. The Morgan fingerprint density at radius 2 is 1.58 bits per heavy atom. The zero-order valence-corrected chi connectivity index (χ0v) is 13.6. The third-order valence-electron chi connectivity index (χ3n) is 3.60. The minimum atomic E-state index is -4.47. The van der Waals surface area contributed by atoms with E-state index in [9.17, 15) is 13.2 Å². The molecule has 0 saturated carbocycles. The van der Waals surface area contributed by atoms with Gasteiger partial charge in [0, 0.05) is 5.56 Å². The van der Waals surface area contributed by atoms with E-state index in [1.54, 1.807) is 12.1 Å². The normalized spacial score (nSPS) is 11.8. The van der Waals surface area contributed by atoms with Crippen LogP contribution in [0.5, 0.6) is 0 Å². The lowest BCUT2D eigenvalue weighted by atomic mass is 10.2. The second-order valence-corrected chi connectivity index (χ2v) is 5.70. The molecule has 4 rings (SSSR count). The molecule has 5 nitrogen and oxygen atoms in total. The summed E-state index contributed by atoms with van der Waals surface area (Å²) in [7, 11) is 0. The predicted molar refractivity (Wildman–Crippen MR) is 88.3 cm³/mol. The standard InChI is InChI=1S/C17H8ClF3N4O/c18-14-13(16-25-24-15(26-16)9-4-2-1-3-5-9)22-11-7-6-10(17(19,20)21)8-12(11)23-14/h1-8H. The highest BCUT2D eigenvalue weighted by Crippen LogP contribution is 2.33. The van der Waals surface area contributed by atoms with E-state index >= 15 is 0 Å². The van der Waals surface area contributed by atoms with Gasteiger partial charge in [-0.25, -0.2) is 9.97 Å². The van der Waals surface area contributed by atoms with Crippen LogP contribution < -0.4 is 0 Å². The van der Waals surface area contributed by atoms with E-state index in [1.165, 1.54) is 6.07 Å². The highest BCUT2D eigenvalue weighted by Gasteiger charge is 2.31. The molecule has 0 radical (unpaired) electrons. The Bertz CT molecular complexity index is 1100. The molecule has 130 valence electrons. The van der Waals surface area contributed by atoms with Gasteiger partial charge in [-0.3, -0.25) is 0 Å². The van der Waals surface area contributed by atoms with Crippen LogP contribution in [-0.4, -0.2) is 20.2 Å². The summed E-state index contributed by atoms with van der Waals surface area (Å²) in [5.41, 5.74) is 0.250. The first-order valence-corrected chi connectivity index (χ1v) is 7.73. The Hall–Kier alpha value is -3.00. The number of fused-ring (bicyclic) bond motifs is 1. The zero-order valence-electron chi connectivity index (χ0n) is 12.8. The highest BCUT2D eigenvalue weighted by molar-refractivity contribution is 6.32. The molecule has 0 aliphatic heterocycles. The molecule has 0 amide bonds. The van der Waals surface area contributed by atoms with Crippen molar-refractivity contribution in [2.24, 2.45) is 0 Å². The summed E-state index contributed by atoms with van der Waals surface area (Å²) in [6.07, 6.45) is -4.47. The van der Waals surface area contributed by atoms with Crippen molar-refractivity contribution in [2.75, 3.05) is 0 Å². The maximum atomic E-state index is 12.8. The number of hydrogen-bond donors (Lipinski definition) is 0. The van der Waals surface area contributed by atoms with Crippen molar-refractivity contribution in [1.29, 1.82) is 0 Å². The molecule has 0 saturated heterocycles. The van der Waals surface area contributed by atoms with Crippen LogP contribution in [0.25, 0.3) is 34.1 Å². The quantitative estimate of drug-likeness (QED) is 0.491. The van der Waals surface area contributed by atoms with Gasteiger partial charge in [0.15, 0.2) is 10.8 Å². The number of alkyl halides is 3. The van der Waals surface area contributed by atoms with Crippen LogP contribution >= 0.6 is 11.6 Å². The van der Waals surface area contributed by atoms with Crippen LogP contribution in [0.4, 0.5) is 13.2 Å². The molecule has 0 spiro atoms. The van der Waals surface area contributed by atoms with Gasteiger partial charge in [-0.05, 0) is 30.3 Å². The summed E-state index contributed by atoms with van der Waals surface area (Å²) in [6.45, 7) is 0. The molecule has 0 bridgehead atoms. The zero-order chi connectivity index (χ0) is 18.3. The van der Waals surface area contributed by atoms with E-state index in [2.05, 4.69) is 20.2 Å². The summed E-state index contributed by atoms with van der Waals surface area (Å²) in [6, 6.07) is 12.1. The van der Waals surface area contributed by atoms with Crippen LogP contribution in [0, 0.1) is 0 Å². The van der Waals surface area contributed by atoms with Gasteiger partial charge in [0.1, 0.15) is 0 Å². The van der Waals surface area contributed by atoms with Crippen molar-refractivity contribution in [2.45, 2.75) is 6.18 Å². The van der Waals surface area contributed by atoms with Crippen LogP contribution in [0.15, 0.2) is 52.9 Å². The van der Waals surface area contributed by atoms with Crippen LogP contribution in [0.1, 0.15) is 5.56 Å². The summed E-state index contributed by atoms with van der Waals surface area (Å²) in [4.78, 5) is 8.20. The summed E-state index contributed by atoms with van der Waals surface area (Å²) >= 11 is 6.08. The molecule has 0 N–H and O–H groups in total. The smallest absolute Gasteiger partial charge is 0.414 e. The van der Waals surface area contributed by atoms with Crippen LogP contribution in [0.3, 0.4) is 0 Å². The topological polar surface area (TPSA) is 64.7 Å². The average molecular weight is 377 g/mol. The van der Waals surface area contributed by atoms with Gasteiger partial charge in [0.05, 0.1) is 16.6 Å². The number of rotatable bonds is 2. The minimum absolute atomic E-state index is 0.0244. The first-order valence-electron chi connectivity index (χ1n) is 7.35. The van der Waals surface area contributed by atoms with E-state index in [0.29, 0.717) is 5.56 Å². The van der Waals surface area contributed by atoms with Gasteiger partial charge < -0.3 is 4.42 Å². The highest BCUT2D eigenvalue weighted by atomic mass is 35.5. The minimum Gasteiger partial charge on any atom is -0.414 e. The average Bonchev–Trinajstić information content (AvgIpc) is 3.10. The molecule has 0 fully saturated rings. The fourth-order valence-corrected chi connectivity index (χ4v) is 2.58. The van der Waals surface area contributed by atoms with E-state index in [0.717, 1.165) is 12.1 Å². The molecule has 26 heavy (non-hydrogen) atoms. The molecule has 0 atom stereocenters. The maximum Gasteiger partial charge on any atom is 0.416 e. The van der Waals surface area contributed by atoms with Crippen LogP contribution in [0.2, 0.25) is 5.15 Å². The van der Waals surface area contributed by atoms with Crippen LogP contribution in [-0.2, 0) is 6.18 Å². The number of nitrogens with zero attached hydrogens (tertiary/aromatic N) is 4. The molecular weight excluding hydrogens is 369 g/mol. The number of aromatic nitrogens is 4. The Balaban J connectivity index is 1.78. The maximum absolute atomic E-state index is 12.8. The van der Waals surface area contributed by atoms with Crippen molar-refractivity contribution in [3.8, 4) is 23.0 Å². The summed E-state index contributed by atoms with van der Waals surface area (Å²) < 4.78 is 44.0. The fraction of sp³-hybridized carbons (Fsp3) is 0.0588. The lowest BCUT2D eigenvalue weighted by Gasteiger charge is -2.07. The number of benzene rings is 2. The van der Waals surface area contributed by atoms with Gasteiger partial charge in [0.2, 0.25) is 5.89 Å². The Morgan fingerprint density at radius 1 is 0.846 bits per heavy atom. The second-order valence-electron chi connectivity index (χ2n) is 5.34. The summed E-state index contributed by atoms with van der Waals surface area (Å²) in [5.74, 6) is 0.300. The van der Waals surface area contributed by atoms with Gasteiger partial charge in [-0.1, -0.05) is 29.8 Å². The first kappa shape index (κ1) is 16.5. The van der Waals surface area contributed by atoms with Crippen molar-refractivity contribution >= 4 is 22.6 Å². The third-order valence-corrected chi connectivity index (χ3v) is 3.86. The van der Waals surface area contributed by atoms with Crippen molar-refractivity contribution in [1.82, 2.24) is 20.2 Å². The SMILES string of the molecule is FC(F)(F)c1ccc2nc(-c3nnc(-c4ccccc4)o3)c(Cl)nc2c1. The Labute approximate surface area is 149 Å². The van der Waals surface area contributed by atoms with Gasteiger partial charge in [-0.15, -0.1) is 10.2 Å². The van der Waals surface area contributed by atoms with Crippen molar-refractivity contribution in [3.63, 3.8) is 0 Å². The lowest BCUT2D eigenvalue weighted by Crippen LogP contribution is -2.05. The van der Waals surface area contributed by atoms with Gasteiger partial charge >= 0.3 is 6.18 Å². The Kier molecular flexibility index (Phi) is 3.84. The van der Waals surface area contributed by atoms with E-state index in [-0.39, 0.29) is 33.7 Å². The lowest BCUT2D eigenvalue weighted by molar-refractivity contribution is -0.137. The van der Waals surface area contributed by atoms with E-state index in [1.807, 2.05) is 18.2 Å². The largest absolute Gasteiger partial charge is 0.416 e. The molecule has 2 heterocycles. The van der Waals surface area contributed by atoms with E-state index < -0.39 is 11.7 Å². The van der Waals surface area contributed by atoms with Gasteiger partial charge in [-0.2, -0.15) is 13.2 Å². The number of halogens is 4. The summed E-state index contributed by atoms with van der Waals surface area (Å²) in [5, 5.41) is 7.72. The molecule has 2 aromatic heterocycles. The third kappa shape index (κ3) is 2.99.